The lowest BCUT2D eigenvalue weighted by Gasteiger charge is -2.30. The zero-order valence-corrected chi connectivity index (χ0v) is 14.0. The summed E-state index contributed by atoms with van der Waals surface area (Å²) in [6.45, 7) is 0. The molecule has 5 heteroatoms. The molecule has 0 atom stereocenters. The van der Waals surface area contributed by atoms with E-state index in [9.17, 15) is 8.42 Å². The predicted molar refractivity (Wildman–Crippen MR) is 99.5 cm³/mol. The third kappa shape index (κ3) is 1.90. The second kappa shape index (κ2) is 4.97. The van der Waals surface area contributed by atoms with Gasteiger partial charge >= 0.3 is 0 Å². The van der Waals surface area contributed by atoms with Crippen LogP contribution in [0.3, 0.4) is 0 Å². The summed E-state index contributed by atoms with van der Waals surface area (Å²) in [4.78, 5) is 3.72. The number of hydrogen-bond acceptors (Lipinski definition) is 2. The fourth-order valence-corrected chi connectivity index (χ4v) is 5.21. The van der Waals surface area contributed by atoms with E-state index in [0.717, 1.165) is 16.6 Å². The lowest BCUT2D eigenvalue weighted by Crippen LogP contribution is -2.29. The molecule has 1 aliphatic heterocycles. The number of sulfonamides is 1. The summed E-state index contributed by atoms with van der Waals surface area (Å²) < 4.78 is 28.3. The third-order valence-electron chi connectivity index (χ3n) is 4.55. The molecular weight excluding hydrogens is 332 g/mol. The number of aromatic amines is 1. The summed E-state index contributed by atoms with van der Waals surface area (Å²) in [5, 5.41) is 0.888. The zero-order chi connectivity index (χ0) is 17.0. The molecule has 1 N–H and O–H groups in total. The number of para-hydroxylation sites is 2. The number of hydrogen-bond donors (Lipinski definition) is 1. The van der Waals surface area contributed by atoms with E-state index in [0.29, 0.717) is 21.8 Å². The van der Waals surface area contributed by atoms with Gasteiger partial charge in [-0.25, -0.2) is 12.7 Å². The number of anilines is 2. The second-order valence-corrected chi connectivity index (χ2v) is 7.75. The molecule has 0 fully saturated rings. The van der Waals surface area contributed by atoms with Crippen LogP contribution in [0, 0.1) is 0 Å². The Labute approximate surface area is 145 Å². The monoisotopic (exact) mass is 346 g/mol. The van der Waals surface area contributed by atoms with Crippen molar-refractivity contribution in [1.29, 1.82) is 0 Å². The molecular formula is C20H14N2O2S. The van der Waals surface area contributed by atoms with Gasteiger partial charge in [0.05, 0.1) is 22.0 Å². The van der Waals surface area contributed by atoms with E-state index in [2.05, 4.69) is 4.98 Å². The van der Waals surface area contributed by atoms with Gasteiger partial charge in [0, 0.05) is 16.5 Å². The molecule has 3 aromatic carbocycles. The van der Waals surface area contributed by atoms with Gasteiger partial charge in [-0.1, -0.05) is 54.6 Å². The second-order valence-electron chi connectivity index (χ2n) is 6.00. The molecule has 0 saturated carbocycles. The smallest absolute Gasteiger partial charge is 0.269 e. The highest BCUT2D eigenvalue weighted by atomic mass is 32.2. The number of H-pyrrole nitrogens is 1. The van der Waals surface area contributed by atoms with Gasteiger partial charge in [0.15, 0.2) is 0 Å². The van der Waals surface area contributed by atoms with Crippen molar-refractivity contribution in [2.45, 2.75) is 4.90 Å². The van der Waals surface area contributed by atoms with E-state index in [1.807, 2.05) is 66.7 Å². The van der Waals surface area contributed by atoms with Gasteiger partial charge in [0.1, 0.15) is 0 Å². The summed E-state index contributed by atoms with van der Waals surface area (Å²) in [5.41, 5.74) is 3.76. The molecule has 25 heavy (non-hydrogen) atoms. The number of fused-ring (bicyclic) bond motifs is 5. The molecule has 0 aliphatic carbocycles. The minimum absolute atomic E-state index is 0.318. The largest absolute Gasteiger partial charge is 0.353 e. The van der Waals surface area contributed by atoms with Crippen LogP contribution in [0.4, 0.5) is 11.4 Å². The molecule has 1 aromatic heterocycles. The van der Waals surface area contributed by atoms with Crippen molar-refractivity contribution in [3.63, 3.8) is 0 Å². The first-order chi connectivity index (χ1) is 12.2. The average molecular weight is 346 g/mol. The molecule has 0 saturated heterocycles. The summed E-state index contributed by atoms with van der Waals surface area (Å²) >= 11 is 0. The normalized spacial score (nSPS) is 15.0. The Hall–Kier alpha value is -3.05. The van der Waals surface area contributed by atoms with Crippen LogP contribution in [0.2, 0.25) is 0 Å². The van der Waals surface area contributed by atoms with Gasteiger partial charge in [0.2, 0.25) is 0 Å². The SMILES string of the molecule is O=S1(=O)c2ccccc2-c2[nH]c3ccccc3c2N1c1ccccc1. The molecule has 0 unspecified atom stereocenters. The molecule has 4 nitrogen and oxygen atoms in total. The van der Waals surface area contributed by atoms with Crippen LogP contribution in [0.5, 0.6) is 0 Å². The fraction of sp³-hybridized carbons (Fsp3) is 0. The number of rotatable bonds is 1. The van der Waals surface area contributed by atoms with Crippen LogP contribution < -0.4 is 4.31 Å². The van der Waals surface area contributed by atoms with Crippen molar-refractivity contribution < 1.29 is 8.42 Å². The number of nitrogens with one attached hydrogen (secondary N) is 1. The molecule has 5 rings (SSSR count). The van der Waals surface area contributed by atoms with Crippen molar-refractivity contribution >= 4 is 32.3 Å². The van der Waals surface area contributed by atoms with Crippen LogP contribution in [0.25, 0.3) is 22.2 Å². The highest BCUT2D eigenvalue weighted by Crippen LogP contribution is 2.49. The number of nitrogens with zero attached hydrogens (tertiary/aromatic N) is 1. The highest BCUT2D eigenvalue weighted by molar-refractivity contribution is 7.93. The van der Waals surface area contributed by atoms with E-state index in [-0.39, 0.29) is 0 Å². The minimum atomic E-state index is -3.70. The topological polar surface area (TPSA) is 53.2 Å². The van der Waals surface area contributed by atoms with E-state index >= 15 is 0 Å². The van der Waals surface area contributed by atoms with Crippen molar-refractivity contribution in [2.24, 2.45) is 0 Å². The highest BCUT2D eigenvalue weighted by Gasteiger charge is 2.38. The summed E-state index contributed by atoms with van der Waals surface area (Å²) in [6, 6.07) is 24.1. The Morgan fingerprint density at radius 3 is 2.28 bits per heavy atom. The lowest BCUT2D eigenvalue weighted by atomic mass is 10.1. The Balaban J connectivity index is 1.97. The maximum absolute atomic E-state index is 13.4. The Bertz CT molecular complexity index is 1210. The first-order valence-corrected chi connectivity index (χ1v) is 9.42. The van der Waals surface area contributed by atoms with Gasteiger partial charge in [-0.05, 0) is 24.3 Å². The van der Waals surface area contributed by atoms with Gasteiger partial charge < -0.3 is 4.98 Å². The van der Waals surface area contributed by atoms with Gasteiger partial charge in [0.25, 0.3) is 10.0 Å². The quantitative estimate of drug-likeness (QED) is 0.544. The van der Waals surface area contributed by atoms with Gasteiger partial charge in [-0.3, -0.25) is 0 Å². The molecule has 0 radical (unpaired) electrons. The van der Waals surface area contributed by atoms with Gasteiger partial charge in [-0.15, -0.1) is 0 Å². The van der Waals surface area contributed by atoms with Crippen LogP contribution in [-0.4, -0.2) is 13.4 Å². The Morgan fingerprint density at radius 1 is 0.760 bits per heavy atom. The zero-order valence-electron chi connectivity index (χ0n) is 13.2. The van der Waals surface area contributed by atoms with Crippen molar-refractivity contribution in [1.82, 2.24) is 4.98 Å². The van der Waals surface area contributed by atoms with E-state index < -0.39 is 10.0 Å². The summed E-state index contributed by atoms with van der Waals surface area (Å²) in [7, 11) is -3.70. The lowest BCUT2D eigenvalue weighted by molar-refractivity contribution is 0.596. The fourth-order valence-electron chi connectivity index (χ4n) is 3.48. The molecule has 0 amide bonds. The molecule has 122 valence electrons. The predicted octanol–water partition coefficient (Wildman–Crippen LogP) is 4.68. The maximum atomic E-state index is 13.4. The van der Waals surface area contributed by atoms with Crippen molar-refractivity contribution in [2.75, 3.05) is 4.31 Å². The minimum Gasteiger partial charge on any atom is -0.353 e. The maximum Gasteiger partial charge on any atom is 0.269 e. The number of aromatic nitrogens is 1. The van der Waals surface area contributed by atoms with Gasteiger partial charge in [-0.2, -0.15) is 0 Å². The standard InChI is InChI=1S/C20H14N2O2S/c23-25(24)18-13-7-5-11-16(18)19-20(15-10-4-6-12-17(15)21-19)22(25)14-8-2-1-3-9-14/h1-13,21H. The molecule has 1 aliphatic rings. The van der Waals surface area contributed by atoms with Crippen LogP contribution >= 0.6 is 0 Å². The first-order valence-electron chi connectivity index (χ1n) is 7.98. The van der Waals surface area contributed by atoms with Crippen LogP contribution in [-0.2, 0) is 10.0 Å². The van der Waals surface area contributed by atoms with Crippen LogP contribution in [0.15, 0.2) is 83.8 Å². The Morgan fingerprint density at radius 2 is 1.44 bits per heavy atom. The van der Waals surface area contributed by atoms with E-state index in [1.165, 1.54) is 4.31 Å². The summed E-state index contributed by atoms with van der Waals surface area (Å²) in [5.74, 6) is 0. The van der Waals surface area contributed by atoms with Crippen molar-refractivity contribution in [3.05, 3.63) is 78.9 Å². The van der Waals surface area contributed by atoms with Crippen molar-refractivity contribution in [3.8, 4) is 11.3 Å². The molecule has 0 bridgehead atoms. The number of benzene rings is 3. The molecule has 0 spiro atoms. The Kier molecular flexibility index (Phi) is 2.85. The van der Waals surface area contributed by atoms with Crippen LogP contribution in [0.1, 0.15) is 0 Å². The van der Waals surface area contributed by atoms with E-state index in [4.69, 9.17) is 0 Å². The van der Waals surface area contributed by atoms with E-state index in [1.54, 1.807) is 12.1 Å². The molecule has 4 aromatic rings. The summed E-state index contributed by atoms with van der Waals surface area (Å²) in [6.07, 6.45) is 0. The molecule has 2 heterocycles. The average Bonchev–Trinajstić information content (AvgIpc) is 3.02. The third-order valence-corrected chi connectivity index (χ3v) is 6.33. The first kappa shape index (κ1) is 14.3.